The standard InChI is InChI=1S/C9H6F2N4S/c10-5-2-1-4(3-6(5)11)7-13-8(12)15-9(16)14-7/h1-3H,(H3,12,13,14,15,16). The first-order chi connectivity index (χ1) is 7.56. The van der Waals surface area contributed by atoms with Gasteiger partial charge in [0.25, 0.3) is 0 Å². The van der Waals surface area contributed by atoms with Gasteiger partial charge in [0, 0.05) is 5.56 Å². The Labute approximate surface area is 94.2 Å². The lowest BCUT2D eigenvalue weighted by atomic mass is 10.2. The molecule has 0 spiro atoms. The van der Waals surface area contributed by atoms with Gasteiger partial charge in [-0.15, -0.1) is 0 Å². The Hall–Kier alpha value is -1.89. The van der Waals surface area contributed by atoms with Crippen molar-refractivity contribution in [3.8, 4) is 11.4 Å². The zero-order valence-corrected chi connectivity index (χ0v) is 8.68. The Bertz CT molecular complexity index is 596. The number of nitrogen functional groups attached to an aromatic ring is 1. The van der Waals surface area contributed by atoms with Crippen LogP contribution in [0.3, 0.4) is 0 Å². The van der Waals surface area contributed by atoms with Crippen LogP contribution in [-0.2, 0) is 0 Å². The van der Waals surface area contributed by atoms with Gasteiger partial charge in [0.1, 0.15) is 5.82 Å². The van der Waals surface area contributed by atoms with Crippen molar-refractivity contribution in [1.29, 1.82) is 0 Å². The van der Waals surface area contributed by atoms with Gasteiger partial charge < -0.3 is 10.7 Å². The molecule has 3 N–H and O–H groups in total. The van der Waals surface area contributed by atoms with Gasteiger partial charge in [-0.1, -0.05) is 0 Å². The summed E-state index contributed by atoms with van der Waals surface area (Å²) in [6.45, 7) is 0. The molecule has 0 fully saturated rings. The third-order valence-corrected chi connectivity index (χ3v) is 2.05. The van der Waals surface area contributed by atoms with E-state index in [1.807, 2.05) is 0 Å². The zero-order chi connectivity index (χ0) is 11.7. The smallest absolute Gasteiger partial charge is 0.224 e. The Morgan fingerprint density at radius 1 is 1.19 bits per heavy atom. The molecule has 82 valence electrons. The van der Waals surface area contributed by atoms with E-state index in [0.29, 0.717) is 5.56 Å². The van der Waals surface area contributed by atoms with Crippen molar-refractivity contribution in [2.24, 2.45) is 0 Å². The maximum atomic E-state index is 13.0. The van der Waals surface area contributed by atoms with E-state index < -0.39 is 11.6 Å². The van der Waals surface area contributed by atoms with Crippen molar-refractivity contribution >= 4 is 18.2 Å². The number of nitrogens with zero attached hydrogens (tertiary/aromatic N) is 2. The van der Waals surface area contributed by atoms with Crippen LogP contribution in [0, 0.1) is 16.4 Å². The molecule has 2 rings (SSSR count). The average Bonchev–Trinajstić information content (AvgIpc) is 2.20. The lowest BCUT2D eigenvalue weighted by molar-refractivity contribution is 0.509. The van der Waals surface area contributed by atoms with Crippen LogP contribution in [-0.4, -0.2) is 15.0 Å². The number of hydrogen-bond donors (Lipinski definition) is 2. The van der Waals surface area contributed by atoms with Crippen LogP contribution in [0.4, 0.5) is 14.7 Å². The van der Waals surface area contributed by atoms with Crippen molar-refractivity contribution in [1.82, 2.24) is 15.0 Å². The zero-order valence-electron chi connectivity index (χ0n) is 7.87. The number of nitrogens with two attached hydrogens (primary N) is 1. The summed E-state index contributed by atoms with van der Waals surface area (Å²) in [6, 6.07) is 3.37. The lowest BCUT2D eigenvalue weighted by Crippen LogP contribution is -2.00. The van der Waals surface area contributed by atoms with E-state index in [2.05, 4.69) is 15.0 Å². The number of hydrogen-bond acceptors (Lipinski definition) is 4. The number of anilines is 1. The number of halogens is 2. The molecule has 0 saturated heterocycles. The lowest BCUT2D eigenvalue weighted by Gasteiger charge is -2.02. The second kappa shape index (κ2) is 3.93. The summed E-state index contributed by atoms with van der Waals surface area (Å²) < 4.78 is 25.7. The number of rotatable bonds is 1. The number of nitrogens with one attached hydrogen (secondary N) is 1. The van der Waals surface area contributed by atoms with E-state index in [9.17, 15) is 8.78 Å². The first-order valence-electron chi connectivity index (χ1n) is 4.25. The SMILES string of the molecule is Nc1nc(=S)nc(-c2ccc(F)c(F)c2)[nH]1. The summed E-state index contributed by atoms with van der Waals surface area (Å²) in [5.74, 6) is -1.57. The largest absolute Gasteiger partial charge is 0.369 e. The maximum Gasteiger partial charge on any atom is 0.224 e. The molecule has 7 heteroatoms. The van der Waals surface area contributed by atoms with Gasteiger partial charge >= 0.3 is 0 Å². The van der Waals surface area contributed by atoms with Crippen molar-refractivity contribution in [3.05, 3.63) is 34.6 Å². The van der Waals surface area contributed by atoms with Gasteiger partial charge in [-0.3, -0.25) is 0 Å². The molecule has 0 saturated carbocycles. The second-order valence-electron chi connectivity index (χ2n) is 2.99. The van der Waals surface area contributed by atoms with Gasteiger partial charge in [-0.25, -0.2) is 13.8 Å². The molecule has 1 heterocycles. The Morgan fingerprint density at radius 2 is 1.94 bits per heavy atom. The molecule has 16 heavy (non-hydrogen) atoms. The highest BCUT2D eigenvalue weighted by atomic mass is 32.1. The highest BCUT2D eigenvalue weighted by Gasteiger charge is 2.06. The maximum absolute atomic E-state index is 13.0. The summed E-state index contributed by atoms with van der Waals surface area (Å²) in [4.78, 5) is 10.1. The minimum absolute atomic E-state index is 0.0379. The van der Waals surface area contributed by atoms with Crippen molar-refractivity contribution in [2.75, 3.05) is 5.73 Å². The molecule has 4 nitrogen and oxygen atoms in total. The predicted octanol–water partition coefficient (Wildman–Crippen LogP) is 2.06. The van der Waals surface area contributed by atoms with Crippen LogP contribution in [0.5, 0.6) is 0 Å². The molecule has 0 aliphatic heterocycles. The molecule has 2 aromatic rings. The first kappa shape index (κ1) is 10.6. The minimum atomic E-state index is -0.964. The summed E-state index contributed by atoms with van der Waals surface area (Å²) in [5, 5.41) is 0. The van der Waals surface area contributed by atoms with Crippen LogP contribution < -0.4 is 5.73 Å². The molecule has 0 atom stereocenters. The van der Waals surface area contributed by atoms with Crippen LogP contribution in [0.1, 0.15) is 0 Å². The molecule has 0 bridgehead atoms. The Balaban J connectivity index is 2.58. The third-order valence-electron chi connectivity index (χ3n) is 1.86. The molecule has 0 aliphatic carbocycles. The van der Waals surface area contributed by atoms with Gasteiger partial charge in [-0.05, 0) is 30.4 Å². The number of aromatic nitrogens is 3. The molecule has 0 aliphatic rings. The third kappa shape index (κ3) is 2.03. The van der Waals surface area contributed by atoms with Crippen LogP contribution in [0.2, 0.25) is 0 Å². The Morgan fingerprint density at radius 3 is 2.56 bits per heavy atom. The quantitative estimate of drug-likeness (QED) is 0.749. The van der Waals surface area contributed by atoms with E-state index in [1.54, 1.807) is 0 Å². The number of aromatic amines is 1. The monoisotopic (exact) mass is 240 g/mol. The normalized spacial score (nSPS) is 10.4. The average molecular weight is 240 g/mol. The summed E-state index contributed by atoms with van der Waals surface area (Å²) >= 11 is 4.76. The highest BCUT2D eigenvalue weighted by Crippen LogP contribution is 2.17. The van der Waals surface area contributed by atoms with E-state index >= 15 is 0 Å². The minimum Gasteiger partial charge on any atom is -0.369 e. The molecule has 1 aromatic heterocycles. The first-order valence-corrected chi connectivity index (χ1v) is 4.66. The fourth-order valence-electron chi connectivity index (χ4n) is 1.18. The van der Waals surface area contributed by atoms with Crippen molar-refractivity contribution in [3.63, 3.8) is 0 Å². The van der Waals surface area contributed by atoms with Gasteiger partial charge in [-0.2, -0.15) is 4.98 Å². The van der Waals surface area contributed by atoms with E-state index in [-0.39, 0.29) is 16.5 Å². The molecule has 1 aromatic carbocycles. The highest BCUT2D eigenvalue weighted by molar-refractivity contribution is 7.71. The van der Waals surface area contributed by atoms with Gasteiger partial charge in [0.2, 0.25) is 10.7 Å². The van der Waals surface area contributed by atoms with Crippen molar-refractivity contribution < 1.29 is 8.78 Å². The van der Waals surface area contributed by atoms with Crippen LogP contribution in [0.25, 0.3) is 11.4 Å². The summed E-state index contributed by atoms with van der Waals surface area (Å²) in [6.07, 6.45) is 0. The molecule has 0 radical (unpaired) electrons. The van der Waals surface area contributed by atoms with E-state index in [0.717, 1.165) is 12.1 Å². The number of H-pyrrole nitrogens is 1. The Kier molecular flexibility index (Phi) is 2.61. The van der Waals surface area contributed by atoms with Crippen LogP contribution in [0.15, 0.2) is 18.2 Å². The van der Waals surface area contributed by atoms with E-state index in [1.165, 1.54) is 6.07 Å². The molecule has 0 amide bonds. The summed E-state index contributed by atoms with van der Waals surface area (Å²) in [7, 11) is 0. The molecule has 0 unspecified atom stereocenters. The summed E-state index contributed by atoms with van der Waals surface area (Å²) in [5.41, 5.74) is 5.77. The van der Waals surface area contributed by atoms with Gasteiger partial charge in [0.05, 0.1) is 0 Å². The topological polar surface area (TPSA) is 67.6 Å². The van der Waals surface area contributed by atoms with E-state index in [4.69, 9.17) is 18.0 Å². The number of benzene rings is 1. The molecular formula is C9H6F2N4S. The van der Waals surface area contributed by atoms with Crippen LogP contribution >= 0.6 is 12.2 Å². The second-order valence-corrected chi connectivity index (χ2v) is 3.36. The fraction of sp³-hybridized carbons (Fsp3) is 0. The molecular weight excluding hydrogens is 234 g/mol. The van der Waals surface area contributed by atoms with Crippen molar-refractivity contribution in [2.45, 2.75) is 0 Å². The fourth-order valence-corrected chi connectivity index (χ4v) is 1.37. The van der Waals surface area contributed by atoms with Gasteiger partial charge in [0.15, 0.2) is 11.6 Å². The predicted molar refractivity (Wildman–Crippen MR) is 57.0 cm³/mol.